The first-order chi connectivity index (χ1) is 8.56. The molecule has 0 saturated heterocycles. The van der Waals surface area contributed by atoms with Gasteiger partial charge in [-0.3, -0.25) is 4.79 Å². The number of nitrogens with two attached hydrogens (primary N) is 1. The molecule has 0 bridgehead atoms. The summed E-state index contributed by atoms with van der Waals surface area (Å²) in [7, 11) is 0. The third kappa shape index (κ3) is 3.10. The summed E-state index contributed by atoms with van der Waals surface area (Å²) in [4.78, 5) is 11.8. The van der Waals surface area contributed by atoms with Crippen molar-refractivity contribution < 1.29 is 4.79 Å². The van der Waals surface area contributed by atoms with Crippen LogP contribution >= 0.6 is 34.5 Å². The molecule has 1 aromatic carbocycles. The summed E-state index contributed by atoms with van der Waals surface area (Å²) in [6.45, 7) is 0.272. The van der Waals surface area contributed by atoms with Crippen molar-refractivity contribution in [2.75, 3.05) is 5.73 Å². The lowest BCUT2D eigenvalue weighted by molar-refractivity contribution is 0.0951. The molecule has 0 saturated carbocycles. The smallest absolute Gasteiger partial charge is 0.251 e. The van der Waals surface area contributed by atoms with E-state index < -0.39 is 0 Å². The van der Waals surface area contributed by atoms with Gasteiger partial charge in [0.05, 0.1) is 16.6 Å². The molecule has 2 rings (SSSR count). The molecule has 1 aromatic heterocycles. The van der Waals surface area contributed by atoms with Crippen LogP contribution in [0.1, 0.15) is 15.4 Å². The van der Waals surface area contributed by atoms with Crippen molar-refractivity contribution >= 4 is 45.6 Å². The third-order valence-electron chi connectivity index (χ3n) is 2.06. The SMILES string of the molecule is Nc1nnc(CNC(=O)c2ccc(Cl)c(Cl)c2)s1. The van der Waals surface area contributed by atoms with E-state index in [4.69, 9.17) is 28.9 Å². The van der Waals surface area contributed by atoms with Crippen LogP contribution in [-0.2, 0) is 6.54 Å². The predicted octanol–water partition coefficient (Wildman–Crippen LogP) is 2.36. The van der Waals surface area contributed by atoms with Gasteiger partial charge in [0, 0.05) is 5.56 Å². The second-order valence-electron chi connectivity index (χ2n) is 3.35. The minimum Gasteiger partial charge on any atom is -0.374 e. The fourth-order valence-electron chi connectivity index (χ4n) is 1.23. The molecule has 5 nitrogen and oxygen atoms in total. The Morgan fingerprint density at radius 2 is 2.11 bits per heavy atom. The van der Waals surface area contributed by atoms with Gasteiger partial charge in [-0.15, -0.1) is 10.2 Å². The molecule has 0 aliphatic rings. The molecule has 0 radical (unpaired) electrons. The van der Waals surface area contributed by atoms with E-state index in [1.54, 1.807) is 12.1 Å². The van der Waals surface area contributed by atoms with Crippen molar-refractivity contribution in [3.8, 4) is 0 Å². The van der Waals surface area contributed by atoms with Crippen LogP contribution in [0.15, 0.2) is 18.2 Å². The Labute approximate surface area is 117 Å². The maximum atomic E-state index is 11.8. The van der Waals surface area contributed by atoms with Crippen LogP contribution in [0.25, 0.3) is 0 Å². The maximum absolute atomic E-state index is 11.8. The van der Waals surface area contributed by atoms with Crippen LogP contribution in [0, 0.1) is 0 Å². The molecule has 0 atom stereocenters. The molecule has 8 heteroatoms. The molecule has 0 unspecified atom stereocenters. The van der Waals surface area contributed by atoms with Gasteiger partial charge in [0.1, 0.15) is 5.01 Å². The van der Waals surface area contributed by atoms with Gasteiger partial charge in [0.25, 0.3) is 5.91 Å². The molecule has 0 aliphatic heterocycles. The zero-order valence-corrected chi connectivity index (χ0v) is 11.3. The van der Waals surface area contributed by atoms with E-state index in [1.807, 2.05) is 0 Å². The fourth-order valence-corrected chi connectivity index (χ4v) is 2.08. The van der Waals surface area contributed by atoms with Crippen LogP contribution in [-0.4, -0.2) is 16.1 Å². The summed E-state index contributed by atoms with van der Waals surface area (Å²) in [5.41, 5.74) is 5.87. The van der Waals surface area contributed by atoms with Crippen LogP contribution in [0.5, 0.6) is 0 Å². The first kappa shape index (κ1) is 13.1. The molecule has 2 aromatic rings. The number of aromatic nitrogens is 2. The highest BCUT2D eigenvalue weighted by molar-refractivity contribution is 7.15. The number of benzene rings is 1. The first-order valence-corrected chi connectivity index (χ1v) is 6.44. The molecular weight excluding hydrogens is 295 g/mol. The molecule has 1 heterocycles. The number of amides is 1. The number of anilines is 1. The number of halogens is 2. The standard InChI is InChI=1S/C10H8Cl2N4OS/c11-6-2-1-5(3-7(6)12)9(17)14-4-8-15-16-10(13)18-8/h1-3H,4H2,(H2,13,16)(H,14,17). The molecule has 0 aliphatic carbocycles. The summed E-state index contributed by atoms with van der Waals surface area (Å²) in [6, 6.07) is 4.67. The molecular formula is C10H8Cl2N4OS. The lowest BCUT2D eigenvalue weighted by atomic mass is 10.2. The summed E-state index contributed by atoms with van der Waals surface area (Å²) in [5, 5.41) is 11.9. The maximum Gasteiger partial charge on any atom is 0.251 e. The van der Waals surface area contributed by atoms with Crippen molar-refractivity contribution in [1.82, 2.24) is 15.5 Å². The Morgan fingerprint density at radius 3 is 2.72 bits per heavy atom. The summed E-state index contributed by atoms with van der Waals surface area (Å²) < 4.78 is 0. The second-order valence-corrected chi connectivity index (χ2v) is 5.25. The Hall–Kier alpha value is -1.37. The monoisotopic (exact) mass is 302 g/mol. The summed E-state index contributed by atoms with van der Waals surface area (Å²) in [5.74, 6) is -0.262. The van der Waals surface area contributed by atoms with Gasteiger partial charge < -0.3 is 11.1 Å². The first-order valence-electron chi connectivity index (χ1n) is 4.87. The Kier molecular flexibility index (Phi) is 4.00. The van der Waals surface area contributed by atoms with E-state index in [9.17, 15) is 4.79 Å². The zero-order chi connectivity index (χ0) is 13.1. The summed E-state index contributed by atoms with van der Waals surface area (Å²) in [6.07, 6.45) is 0. The number of nitrogens with zero attached hydrogens (tertiary/aromatic N) is 2. The highest BCUT2D eigenvalue weighted by Gasteiger charge is 2.09. The van der Waals surface area contributed by atoms with Crippen LogP contribution < -0.4 is 11.1 Å². The zero-order valence-electron chi connectivity index (χ0n) is 8.98. The van der Waals surface area contributed by atoms with Crippen molar-refractivity contribution in [1.29, 1.82) is 0 Å². The van der Waals surface area contributed by atoms with E-state index >= 15 is 0 Å². The van der Waals surface area contributed by atoms with E-state index in [-0.39, 0.29) is 12.5 Å². The minimum absolute atomic E-state index is 0.262. The van der Waals surface area contributed by atoms with Crippen molar-refractivity contribution in [3.63, 3.8) is 0 Å². The van der Waals surface area contributed by atoms with E-state index in [0.717, 1.165) is 0 Å². The average Bonchev–Trinajstić information content (AvgIpc) is 2.75. The number of hydrogen-bond donors (Lipinski definition) is 2. The topological polar surface area (TPSA) is 80.9 Å². The lowest BCUT2D eigenvalue weighted by Gasteiger charge is -2.04. The Bertz CT molecular complexity index is 587. The fraction of sp³-hybridized carbons (Fsp3) is 0.100. The van der Waals surface area contributed by atoms with Gasteiger partial charge in [0.2, 0.25) is 5.13 Å². The number of nitrogens with one attached hydrogen (secondary N) is 1. The van der Waals surface area contributed by atoms with E-state index in [1.165, 1.54) is 17.4 Å². The third-order valence-corrected chi connectivity index (χ3v) is 3.56. The van der Waals surface area contributed by atoms with Crippen molar-refractivity contribution in [2.45, 2.75) is 6.54 Å². The Balaban J connectivity index is 2.01. The van der Waals surface area contributed by atoms with Gasteiger partial charge in [-0.2, -0.15) is 0 Å². The van der Waals surface area contributed by atoms with Gasteiger partial charge in [-0.25, -0.2) is 0 Å². The summed E-state index contributed by atoms with van der Waals surface area (Å²) >= 11 is 12.8. The van der Waals surface area contributed by atoms with Crippen LogP contribution in [0.3, 0.4) is 0 Å². The number of carbonyl (C=O) groups excluding carboxylic acids is 1. The highest BCUT2D eigenvalue weighted by atomic mass is 35.5. The molecule has 94 valence electrons. The predicted molar refractivity (Wildman–Crippen MR) is 72.0 cm³/mol. The molecule has 0 spiro atoms. The molecule has 1 amide bonds. The number of nitrogen functional groups attached to an aromatic ring is 1. The van der Waals surface area contributed by atoms with Gasteiger partial charge in [-0.1, -0.05) is 34.5 Å². The molecule has 18 heavy (non-hydrogen) atoms. The number of carbonyl (C=O) groups is 1. The largest absolute Gasteiger partial charge is 0.374 e. The quantitative estimate of drug-likeness (QED) is 0.912. The van der Waals surface area contributed by atoms with Gasteiger partial charge in [-0.05, 0) is 18.2 Å². The van der Waals surface area contributed by atoms with Crippen molar-refractivity contribution in [3.05, 3.63) is 38.8 Å². The van der Waals surface area contributed by atoms with Crippen LogP contribution in [0.4, 0.5) is 5.13 Å². The molecule has 3 N–H and O–H groups in total. The number of rotatable bonds is 3. The van der Waals surface area contributed by atoms with Gasteiger partial charge >= 0.3 is 0 Å². The number of hydrogen-bond acceptors (Lipinski definition) is 5. The average molecular weight is 303 g/mol. The highest BCUT2D eigenvalue weighted by Crippen LogP contribution is 2.22. The van der Waals surface area contributed by atoms with E-state index in [2.05, 4.69) is 15.5 Å². The van der Waals surface area contributed by atoms with Crippen LogP contribution in [0.2, 0.25) is 10.0 Å². The van der Waals surface area contributed by atoms with E-state index in [0.29, 0.717) is 25.7 Å². The minimum atomic E-state index is -0.262. The van der Waals surface area contributed by atoms with Crippen molar-refractivity contribution in [2.24, 2.45) is 0 Å². The second kappa shape index (κ2) is 5.51. The lowest BCUT2D eigenvalue weighted by Crippen LogP contribution is -2.22. The molecule has 0 fully saturated rings. The normalized spacial score (nSPS) is 10.3. The Morgan fingerprint density at radius 1 is 1.33 bits per heavy atom. The van der Waals surface area contributed by atoms with Gasteiger partial charge in [0.15, 0.2) is 0 Å².